The average molecular weight is 479 g/mol. The number of nitrogens with one attached hydrogen (secondary N) is 1. The molecule has 0 bridgehead atoms. The first-order valence-electron chi connectivity index (χ1n) is 10.4. The van der Waals surface area contributed by atoms with Crippen molar-refractivity contribution >= 4 is 17.9 Å². The summed E-state index contributed by atoms with van der Waals surface area (Å²) in [5.41, 5.74) is 2.29. The number of rotatable bonds is 10. The number of thioether (sulfide) groups is 1. The number of carbonyl (C=O) groups is 1. The predicted molar refractivity (Wildman–Crippen MR) is 127 cm³/mol. The number of oxazole rings is 1. The van der Waals surface area contributed by atoms with Gasteiger partial charge in [-0.05, 0) is 42.5 Å². The zero-order valence-corrected chi connectivity index (χ0v) is 19.1. The maximum absolute atomic E-state index is 10.5. The molecule has 0 saturated heterocycles. The van der Waals surface area contributed by atoms with Crippen molar-refractivity contribution in [3.05, 3.63) is 72.9 Å². The van der Waals surface area contributed by atoms with Gasteiger partial charge in [-0.15, -0.1) is 0 Å². The molecule has 0 atom stereocenters. The highest BCUT2D eigenvalue weighted by atomic mass is 32.2. The Morgan fingerprint density at radius 2 is 1.91 bits per heavy atom. The highest BCUT2D eigenvalue weighted by molar-refractivity contribution is 7.98. The number of hydrogen-bond acceptors (Lipinski definition) is 8. The van der Waals surface area contributed by atoms with E-state index in [2.05, 4.69) is 15.3 Å². The molecule has 1 amide bonds. The fourth-order valence-corrected chi connectivity index (χ4v) is 3.76. The van der Waals surface area contributed by atoms with Crippen molar-refractivity contribution in [2.75, 3.05) is 20.3 Å². The summed E-state index contributed by atoms with van der Waals surface area (Å²) in [6.07, 6.45) is 2.36. The Hall–Kier alpha value is -4.05. The molecule has 0 radical (unpaired) electrons. The smallest absolute Gasteiger partial charge is 0.404 e. The van der Waals surface area contributed by atoms with Crippen LogP contribution in [0.15, 0.2) is 76.4 Å². The number of carboxylic acid groups (broad SMARTS) is 1. The number of ether oxygens (including phenoxy) is 2. The van der Waals surface area contributed by atoms with E-state index in [-0.39, 0.29) is 13.2 Å². The van der Waals surface area contributed by atoms with Crippen molar-refractivity contribution in [3.8, 4) is 34.2 Å². The van der Waals surface area contributed by atoms with E-state index in [9.17, 15) is 4.79 Å². The van der Waals surface area contributed by atoms with Gasteiger partial charge in [-0.25, -0.2) is 19.7 Å². The normalized spacial score (nSPS) is 10.6. The van der Waals surface area contributed by atoms with E-state index in [0.717, 1.165) is 16.2 Å². The molecule has 0 spiro atoms. The van der Waals surface area contributed by atoms with E-state index in [1.165, 1.54) is 11.8 Å². The lowest BCUT2D eigenvalue weighted by molar-refractivity contribution is 0.191. The SMILES string of the molecule is COc1ccc(-c2nc(CSc3ccccn3)oc2-c2ccc(OCCNC(=O)O)cc2)cn1. The molecule has 0 aliphatic rings. The third-order valence-electron chi connectivity index (χ3n) is 4.64. The molecular formula is C24H22N4O5S. The second kappa shape index (κ2) is 11.2. The second-order valence-corrected chi connectivity index (χ2v) is 7.93. The molecule has 4 aromatic rings. The first-order chi connectivity index (χ1) is 16.6. The van der Waals surface area contributed by atoms with Gasteiger partial charge in [0.2, 0.25) is 11.8 Å². The lowest BCUT2D eigenvalue weighted by Crippen LogP contribution is -2.26. The van der Waals surface area contributed by atoms with Crippen LogP contribution in [0.3, 0.4) is 0 Å². The van der Waals surface area contributed by atoms with Crippen molar-refractivity contribution in [1.82, 2.24) is 20.3 Å². The molecular weight excluding hydrogens is 456 g/mol. The molecule has 4 rings (SSSR count). The van der Waals surface area contributed by atoms with Crippen LogP contribution in [0.2, 0.25) is 0 Å². The second-order valence-electron chi connectivity index (χ2n) is 6.94. The van der Waals surface area contributed by atoms with Crippen LogP contribution < -0.4 is 14.8 Å². The minimum Gasteiger partial charge on any atom is -0.492 e. The average Bonchev–Trinajstić information content (AvgIpc) is 3.30. The molecule has 3 aromatic heterocycles. The van der Waals surface area contributed by atoms with E-state index in [1.807, 2.05) is 36.4 Å². The largest absolute Gasteiger partial charge is 0.492 e. The van der Waals surface area contributed by atoms with Crippen molar-refractivity contribution in [3.63, 3.8) is 0 Å². The first-order valence-corrected chi connectivity index (χ1v) is 11.3. The summed E-state index contributed by atoms with van der Waals surface area (Å²) in [4.78, 5) is 23.9. The standard InChI is InChI=1S/C24H22N4O5S/c1-31-19-10-7-17(14-27-19)22-23(33-20(28-22)15-34-21-4-2-3-11-25-21)16-5-8-18(9-6-16)32-13-12-26-24(29)30/h2-11,14,26H,12-13,15H2,1H3,(H,29,30). The molecule has 0 aliphatic heterocycles. The van der Waals surface area contributed by atoms with Gasteiger partial charge >= 0.3 is 6.09 Å². The van der Waals surface area contributed by atoms with Crippen LogP contribution in [-0.2, 0) is 5.75 Å². The molecule has 2 N–H and O–H groups in total. The summed E-state index contributed by atoms with van der Waals surface area (Å²) < 4.78 is 16.9. The molecule has 0 fully saturated rings. The first kappa shape index (κ1) is 23.1. The maximum Gasteiger partial charge on any atom is 0.404 e. The summed E-state index contributed by atoms with van der Waals surface area (Å²) in [6, 6.07) is 16.8. The van der Waals surface area contributed by atoms with Gasteiger partial charge < -0.3 is 24.3 Å². The third kappa shape index (κ3) is 6.04. The van der Waals surface area contributed by atoms with Crippen LogP contribution in [0, 0.1) is 0 Å². The van der Waals surface area contributed by atoms with Gasteiger partial charge in [-0.1, -0.05) is 17.8 Å². The van der Waals surface area contributed by atoms with E-state index < -0.39 is 6.09 Å². The Morgan fingerprint density at radius 1 is 1.09 bits per heavy atom. The zero-order valence-electron chi connectivity index (χ0n) is 18.3. The highest BCUT2D eigenvalue weighted by Gasteiger charge is 2.18. The number of nitrogens with zero attached hydrogens (tertiary/aromatic N) is 3. The number of hydrogen-bond donors (Lipinski definition) is 2. The van der Waals surface area contributed by atoms with Crippen LogP contribution in [0.25, 0.3) is 22.6 Å². The fourth-order valence-electron chi connectivity index (χ4n) is 3.06. The van der Waals surface area contributed by atoms with Crippen molar-refractivity contribution in [1.29, 1.82) is 0 Å². The van der Waals surface area contributed by atoms with Crippen LogP contribution >= 0.6 is 11.8 Å². The van der Waals surface area contributed by atoms with Crippen LogP contribution in [0.4, 0.5) is 4.79 Å². The quantitative estimate of drug-likeness (QED) is 0.246. The molecule has 0 unspecified atom stereocenters. The summed E-state index contributed by atoms with van der Waals surface area (Å²) in [6.45, 7) is 0.427. The van der Waals surface area contributed by atoms with Crippen LogP contribution in [0.5, 0.6) is 11.6 Å². The summed E-state index contributed by atoms with van der Waals surface area (Å²) in [5.74, 6) is 2.83. The predicted octanol–water partition coefficient (Wildman–Crippen LogP) is 4.75. The molecule has 9 nitrogen and oxygen atoms in total. The lowest BCUT2D eigenvalue weighted by Gasteiger charge is -2.07. The van der Waals surface area contributed by atoms with E-state index in [1.54, 1.807) is 37.7 Å². The number of aromatic nitrogens is 3. The Morgan fingerprint density at radius 3 is 2.59 bits per heavy atom. The number of methoxy groups -OCH3 is 1. The van der Waals surface area contributed by atoms with E-state index in [0.29, 0.717) is 34.7 Å². The number of amides is 1. The van der Waals surface area contributed by atoms with Gasteiger partial charge in [0.25, 0.3) is 0 Å². The monoisotopic (exact) mass is 478 g/mol. The van der Waals surface area contributed by atoms with E-state index >= 15 is 0 Å². The Kier molecular flexibility index (Phi) is 7.61. The van der Waals surface area contributed by atoms with Crippen LogP contribution in [0.1, 0.15) is 5.89 Å². The molecule has 10 heteroatoms. The lowest BCUT2D eigenvalue weighted by atomic mass is 10.1. The van der Waals surface area contributed by atoms with Crippen molar-refractivity contribution in [2.45, 2.75) is 10.8 Å². The molecule has 174 valence electrons. The molecule has 1 aromatic carbocycles. The van der Waals surface area contributed by atoms with Gasteiger partial charge in [0, 0.05) is 29.6 Å². The Bertz CT molecular complexity index is 1210. The zero-order chi connectivity index (χ0) is 23.8. The van der Waals surface area contributed by atoms with Gasteiger partial charge in [-0.2, -0.15) is 0 Å². The van der Waals surface area contributed by atoms with Gasteiger partial charge in [-0.3, -0.25) is 0 Å². The van der Waals surface area contributed by atoms with Gasteiger partial charge in [0.15, 0.2) is 5.76 Å². The number of benzene rings is 1. The van der Waals surface area contributed by atoms with Crippen molar-refractivity contribution in [2.24, 2.45) is 0 Å². The molecule has 3 heterocycles. The van der Waals surface area contributed by atoms with Crippen LogP contribution in [-0.4, -0.2) is 46.4 Å². The van der Waals surface area contributed by atoms with Crippen molar-refractivity contribution < 1.29 is 23.8 Å². The Balaban J connectivity index is 1.56. The topological polar surface area (TPSA) is 120 Å². The maximum atomic E-state index is 10.5. The summed E-state index contributed by atoms with van der Waals surface area (Å²) in [7, 11) is 1.57. The van der Waals surface area contributed by atoms with E-state index in [4.69, 9.17) is 24.0 Å². The van der Waals surface area contributed by atoms with Gasteiger partial charge in [0.05, 0.1) is 24.4 Å². The summed E-state index contributed by atoms with van der Waals surface area (Å²) in [5, 5.41) is 11.8. The summed E-state index contributed by atoms with van der Waals surface area (Å²) >= 11 is 1.54. The van der Waals surface area contributed by atoms with Gasteiger partial charge in [0.1, 0.15) is 18.1 Å². The Labute approximate surface area is 200 Å². The molecule has 0 saturated carbocycles. The fraction of sp³-hybridized carbons (Fsp3) is 0.167. The number of pyridine rings is 2. The minimum atomic E-state index is -1.08. The molecule has 34 heavy (non-hydrogen) atoms. The third-order valence-corrected chi connectivity index (χ3v) is 5.56. The molecule has 0 aliphatic carbocycles. The highest BCUT2D eigenvalue weighted by Crippen LogP contribution is 2.35. The minimum absolute atomic E-state index is 0.200.